The molecule has 0 aromatic heterocycles. The molecule has 3 aliphatic rings. The van der Waals surface area contributed by atoms with Crippen molar-refractivity contribution in [1.29, 1.82) is 0 Å². The van der Waals surface area contributed by atoms with Gasteiger partial charge in [0.05, 0.1) is 25.9 Å². The van der Waals surface area contributed by atoms with Gasteiger partial charge in [-0.2, -0.15) is 0 Å². The highest BCUT2D eigenvalue weighted by Crippen LogP contribution is 2.73. The molecule has 2 heterocycles. The maximum Gasteiger partial charge on any atom is 0.161 e. The molecule has 2 fully saturated rings. The minimum atomic E-state index is -0.188. The first-order valence-electron chi connectivity index (χ1n) is 7.30. The predicted molar refractivity (Wildman–Crippen MR) is 73.0 cm³/mol. The predicted octanol–water partition coefficient (Wildman–Crippen LogP) is 2.39. The molecule has 4 rings (SSSR count). The van der Waals surface area contributed by atoms with E-state index in [1.165, 1.54) is 17.5 Å². The molecular weight excluding hydrogens is 256 g/mol. The quantitative estimate of drug-likeness (QED) is 0.897. The van der Waals surface area contributed by atoms with E-state index < -0.39 is 0 Å². The van der Waals surface area contributed by atoms with E-state index in [0.717, 1.165) is 24.3 Å². The summed E-state index contributed by atoms with van der Waals surface area (Å²) in [6, 6.07) is 4.16. The Kier molecular flexibility index (Phi) is 2.57. The molecule has 108 valence electrons. The zero-order valence-corrected chi connectivity index (χ0v) is 11.9. The Hall–Kier alpha value is -1.26. The van der Waals surface area contributed by atoms with Crippen molar-refractivity contribution in [3.63, 3.8) is 0 Å². The van der Waals surface area contributed by atoms with Crippen molar-refractivity contribution in [3.8, 4) is 11.5 Å². The molecule has 4 heteroatoms. The van der Waals surface area contributed by atoms with Gasteiger partial charge in [-0.05, 0) is 54.4 Å². The van der Waals surface area contributed by atoms with Gasteiger partial charge in [0, 0.05) is 6.61 Å². The molecule has 4 nitrogen and oxygen atoms in total. The molecule has 1 saturated heterocycles. The molecule has 1 aliphatic carbocycles. The number of ether oxygens (including phenoxy) is 3. The van der Waals surface area contributed by atoms with Gasteiger partial charge in [0.15, 0.2) is 11.5 Å². The number of benzene rings is 1. The first-order chi connectivity index (χ1) is 9.75. The molecule has 4 atom stereocenters. The summed E-state index contributed by atoms with van der Waals surface area (Å²) in [5.41, 5.74) is 2.33. The molecule has 1 aromatic carbocycles. The van der Waals surface area contributed by atoms with E-state index in [-0.39, 0.29) is 18.3 Å². The highest BCUT2D eigenvalue weighted by atomic mass is 16.5. The summed E-state index contributed by atoms with van der Waals surface area (Å²) in [5.74, 6) is 2.84. The maximum atomic E-state index is 9.18. The van der Waals surface area contributed by atoms with E-state index in [1.807, 2.05) is 0 Å². The lowest BCUT2D eigenvalue weighted by Gasteiger charge is -2.28. The van der Waals surface area contributed by atoms with Crippen LogP contribution in [0.25, 0.3) is 0 Å². The first-order valence-corrected chi connectivity index (χ1v) is 7.30. The zero-order valence-electron chi connectivity index (χ0n) is 11.9. The van der Waals surface area contributed by atoms with Crippen molar-refractivity contribution in [2.45, 2.75) is 31.0 Å². The lowest BCUT2D eigenvalue weighted by molar-refractivity contribution is -0.0605. The fourth-order valence-electron chi connectivity index (χ4n) is 4.26. The highest BCUT2D eigenvalue weighted by Gasteiger charge is 2.69. The van der Waals surface area contributed by atoms with Crippen molar-refractivity contribution in [2.24, 2.45) is 11.8 Å². The SMILES string of the molecule is COc1cc2c(cc1OC)C1(CCCO)O[C@H]2C2CC21. The summed E-state index contributed by atoms with van der Waals surface area (Å²) in [6.45, 7) is 0.218. The molecule has 3 unspecified atom stereocenters. The van der Waals surface area contributed by atoms with E-state index in [1.54, 1.807) is 14.2 Å². The van der Waals surface area contributed by atoms with Gasteiger partial charge in [-0.1, -0.05) is 0 Å². The minimum Gasteiger partial charge on any atom is -0.493 e. The van der Waals surface area contributed by atoms with Crippen LogP contribution < -0.4 is 9.47 Å². The topological polar surface area (TPSA) is 47.9 Å². The fourth-order valence-corrected chi connectivity index (χ4v) is 4.26. The van der Waals surface area contributed by atoms with Gasteiger partial charge < -0.3 is 19.3 Å². The summed E-state index contributed by atoms with van der Waals surface area (Å²) in [7, 11) is 3.33. The average molecular weight is 276 g/mol. The van der Waals surface area contributed by atoms with Crippen molar-refractivity contribution >= 4 is 0 Å². The Morgan fingerprint density at radius 1 is 1.30 bits per heavy atom. The molecule has 2 aliphatic heterocycles. The number of rotatable bonds is 5. The Morgan fingerprint density at radius 2 is 2.05 bits per heavy atom. The summed E-state index contributed by atoms with van der Waals surface area (Å²) in [5, 5.41) is 9.18. The minimum absolute atomic E-state index is 0.188. The summed E-state index contributed by atoms with van der Waals surface area (Å²) in [6.07, 6.45) is 3.14. The average Bonchev–Trinajstić information content (AvgIpc) is 3.16. The third-order valence-electron chi connectivity index (χ3n) is 5.19. The Labute approximate surface area is 118 Å². The molecule has 2 bridgehead atoms. The van der Waals surface area contributed by atoms with Crippen LogP contribution in [0, 0.1) is 11.8 Å². The molecular formula is C16H20O4. The third-order valence-corrected chi connectivity index (χ3v) is 5.19. The van der Waals surface area contributed by atoms with Crippen LogP contribution >= 0.6 is 0 Å². The largest absolute Gasteiger partial charge is 0.493 e. The monoisotopic (exact) mass is 276 g/mol. The van der Waals surface area contributed by atoms with Crippen molar-refractivity contribution < 1.29 is 19.3 Å². The number of aliphatic hydroxyl groups is 1. The first kappa shape index (κ1) is 12.5. The van der Waals surface area contributed by atoms with Gasteiger partial charge >= 0.3 is 0 Å². The van der Waals surface area contributed by atoms with E-state index in [9.17, 15) is 5.11 Å². The van der Waals surface area contributed by atoms with Crippen molar-refractivity contribution in [1.82, 2.24) is 0 Å². The van der Waals surface area contributed by atoms with Crippen LogP contribution in [0.15, 0.2) is 12.1 Å². The molecule has 0 amide bonds. The lowest BCUT2D eigenvalue weighted by atomic mass is 9.79. The lowest BCUT2D eigenvalue weighted by Crippen LogP contribution is -2.27. The van der Waals surface area contributed by atoms with E-state index in [4.69, 9.17) is 14.2 Å². The number of methoxy groups -OCH3 is 2. The number of hydrogen-bond donors (Lipinski definition) is 1. The highest BCUT2D eigenvalue weighted by molar-refractivity contribution is 5.55. The third kappa shape index (κ3) is 1.38. The van der Waals surface area contributed by atoms with E-state index in [2.05, 4.69) is 12.1 Å². The van der Waals surface area contributed by atoms with Crippen LogP contribution in [-0.2, 0) is 10.3 Å². The van der Waals surface area contributed by atoms with Crippen molar-refractivity contribution in [2.75, 3.05) is 20.8 Å². The van der Waals surface area contributed by atoms with Gasteiger partial charge in [0.1, 0.15) is 0 Å². The number of aliphatic hydroxyl groups excluding tert-OH is 1. The summed E-state index contributed by atoms with van der Waals surface area (Å²) >= 11 is 0. The van der Waals surface area contributed by atoms with Gasteiger partial charge in [-0.15, -0.1) is 0 Å². The molecule has 20 heavy (non-hydrogen) atoms. The fraction of sp³-hybridized carbons (Fsp3) is 0.625. The molecule has 1 saturated carbocycles. The summed E-state index contributed by atoms with van der Waals surface area (Å²) in [4.78, 5) is 0. The molecule has 1 N–H and O–H groups in total. The van der Waals surface area contributed by atoms with Crippen LogP contribution in [0.4, 0.5) is 0 Å². The van der Waals surface area contributed by atoms with Gasteiger partial charge in [0.2, 0.25) is 0 Å². The Balaban J connectivity index is 1.82. The van der Waals surface area contributed by atoms with Gasteiger partial charge in [0.25, 0.3) is 0 Å². The standard InChI is InChI=1S/C16H20O4/c1-18-13-7-10-12(8-14(13)19-2)16(4-3-5-17)11-6-9(11)15(10)20-16/h7-9,11,15,17H,3-6H2,1-2H3/t9?,11?,15-,16?/m0/s1. The van der Waals surface area contributed by atoms with E-state index in [0.29, 0.717) is 11.8 Å². The normalized spacial score (nSPS) is 35.6. The zero-order chi connectivity index (χ0) is 13.9. The molecule has 0 spiro atoms. The molecule has 0 radical (unpaired) electrons. The van der Waals surface area contributed by atoms with Crippen LogP contribution in [0.3, 0.4) is 0 Å². The van der Waals surface area contributed by atoms with E-state index >= 15 is 0 Å². The second-order valence-corrected chi connectivity index (χ2v) is 6.06. The summed E-state index contributed by atoms with van der Waals surface area (Å²) < 4.78 is 17.2. The van der Waals surface area contributed by atoms with Crippen LogP contribution in [0.2, 0.25) is 0 Å². The Morgan fingerprint density at radius 3 is 2.75 bits per heavy atom. The Bertz CT molecular complexity index is 556. The molecule has 1 aromatic rings. The maximum absolute atomic E-state index is 9.18. The van der Waals surface area contributed by atoms with Crippen LogP contribution in [-0.4, -0.2) is 25.9 Å². The van der Waals surface area contributed by atoms with Crippen LogP contribution in [0.1, 0.15) is 36.5 Å². The van der Waals surface area contributed by atoms with Gasteiger partial charge in [-0.25, -0.2) is 0 Å². The van der Waals surface area contributed by atoms with Crippen molar-refractivity contribution in [3.05, 3.63) is 23.3 Å². The second kappa shape index (κ2) is 4.12. The number of hydrogen-bond acceptors (Lipinski definition) is 4. The van der Waals surface area contributed by atoms with Gasteiger partial charge in [-0.3, -0.25) is 0 Å². The van der Waals surface area contributed by atoms with Crippen LogP contribution in [0.5, 0.6) is 11.5 Å². The smallest absolute Gasteiger partial charge is 0.161 e. The second-order valence-electron chi connectivity index (χ2n) is 6.06. The number of fused-ring (bicyclic) bond motifs is 8.